The fraction of sp³-hybridized carbons (Fsp3) is 1.00. The maximum Gasteiger partial charge on any atom is 0.250 e. The fourth-order valence-corrected chi connectivity index (χ4v) is 2.49. The Kier molecular flexibility index (Phi) is 3.50. The van der Waals surface area contributed by atoms with Crippen LogP contribution < -0.4 is 0 Å². The van der Waals surface area contributed by atoms with Gasteiger partial charge in [-0.3, -0.25) is 4.90 Å². The lowest BCUT2D eigenvalue weighted by atomic mass is 9.93. The van der Waals surface area contributed by atoms with E-state index in [2.05, 4.69) is 18.7 Å². The van der Waals surface area contributed by atoms with Crippen LogP contribution in [0.4, 0.5) is 8.78 Å². The van der Waals surface area contributed by atoms with E-state index in [-0.39, 0.29) is 25.0 Å². The van der Waals surface area contributed by atoms with E-state index >= 15 is 0 Å². The van der Waals surface area contributed by atoms with Crippen molar-refractivity contribution in [2.45, 2.75) is 63.7 Å². The second-order valence-electron chi connectivity index (χ2n) is 5.38. The van der Waals surface area contributed by atoms with Crippen LogP contribution in [-0.4, -0.2) is 42.2 Å². The molecule has 1 saturated carbocycles. The summed E-state index contributed by atoms with van der Waals surface area (Å²) < 4.78 is 32.0. The molecule has 0 radical (unpaired) electrons. The molecule has 1 atom stereocenters. The fourth-order valence-electron chi connectivity index (χ4n) is 2.49. The molecule has 0 spiro atoms. The quantitative estimate of drug-likeness (QED) is 0.743. The standard InChI is InChI=1S/C12H21F2NO/c1-9(2)15-7-11(8-15)16-10-4-3-5-12(13,14)6-10/h9-11H,3-8H2,1-2H3/t10-/m0/s1. The highest BCUT2D eigenvalue weighted by molar-refractivity contribution is 4.86. The molecule has 1 heterocycles. The van der Waals surface area contributed by atoms with Crippen molar-refractivity contribution in [2.24, 2.45) is 0 Å². The second-order valence-corrected chi connectivity index (χ2v) is 5.38. The van der Waals surface area contributed by atoms with Crippen molar-refractivity contribution in [3.63, 3.8) is 0 Å². The molecule has 1 aliphatic heterocycles. The number of ether oxygens (including phenoxy) is 1. The lowest BCUT2D eigenvalue weighted by Gasteiger charge is -2.44. The van der Waals surface area contributed by atoms with E-state index in [0.29, 0.717) is 12.5 Å². The minimum Gasteiger partial charge on any atom is -0.372 e. The molecule has 1 saturated heterocycles. The molecule has 2 nitrogen and oxygen atoms in total. The zero-order valence-electron chi connectivity index (χ0n) is 10.1. The Balaban J connectivity index is 1.71. The largest absolute Gasteiger partial charge is 0.372 e. The van der Waals surface area contributed by atoms with Gasteiger partial charge in [0.2, 0.25) is 0 Å². The molecule has 0 aromatic rings. The van der Waals surface area contributed by atoms with E-state index in [1.165, 1.54) is 0 Å². The number of halogens is 2. The Bertz CT molecular complexity index is 239. The molecule has 2 rings (SSSR count). The van der Waals surface area contributed by atoms with Gasteiger partial charge >= 0.3 is 0 Å². The van der Waals surface area contributed by atoms with Crippen LogP contribution in [0.25, 0.3) is 0 Å². The second kappa shape index (κ2) is 4.57. The minimum atomic E-state index is -2.50. The van der Waals surface area contributed by atoms with Gasteiger partial charge in [-0.05, 0) is 26.7 Å². The smallest absolute Gasteiger partial charge is 0.250 e. The first-order valence-electron chi connectivity index (χ1n) is 6.23. The number of hydrogen-bond donors (Lipinski definition) is 0. The van der Waals surface area contributed by atoms with Crippen molar-refractivity contribution in [2.75, 3.05) is 13.1 Å². The summed E-state index contributed by atoms with van der Waals surface area (Å²) >= 11 is 0. The molecule has 0 aromatic carbocycles. The van der Waals surface area contributed by atoms with Crippen LogP contribution in [0.15, 0.2) is 0 Å². The van der Waals surface area contributed by atoms with Crippen LogP contribution in [0.1, 0.15) is 39.5 Å². The Hall–Kier alpha value is -0.220. The number of rotatable bonds is 3. The monoisotopic (exact) mass is 233 g/mol. The highest BCUT2D eigenvalue weighted by atomic mass is 19.3. The summed E-state index contributed by atoms with van der Waals surface area (Å²) in [6.45, 7) is 6.09. The van der Waals surface area contributed by atoms with E-state index in [1.807, 2.05) is 0 Å². The third kappa shape index (κ3) is 2.92. The van der Waals surface area contributed by atoms with E-state index < -0.39 is 5.92 Å². The van der Waals surface area contributed by atoms with Gasteiger partial charge in [0, 0.05) is 32.0 Å². The first-order chi connectivity index (χ1) is 7.46. The summed E-state index contributed by atoms with van der Waals surface area (Å²) in [6, 6.07) is 0.535. The molecule has 94 valence electrons. The third-order valence-electron chi connectivity index (χ3n) is 3.59. The van der Waals surface area contributed by atoms with Crippen molar-refractivity contribution >= 4 is 0 Å². The zero-order valence-corrected chi connectivity index (χ0v) is 10.1. The zero-order chi connectivity index (χ0) is 11.8. The summed E-state index contributed by atoms with van der Waals surface area (Å²) in [6.07, 6.45) is 1.32. The third-order valence-corrected chi connectivity index (χ3v) is 3.59. The van der Waals surface area contributed by atoms with Gasteiger partial charge < -0.3 is 4.74 Å². The molecule has 2 fully saturated rings. The van der Waals surface area contributed by atoms with E-state index in [0.717, 1.165) is 19.5 Å². The summed E-state index contributed by atoms with van der Waals surface area (Å²) in [5, 5.41) is 0. The molecule has 2 aliphatic rings. The topological polar surface area (TPSA) is 12.5 Å². The Morgan fingerprint density at radius 2 is 1.94 bits per heavy atom. The highest BCUT2D eigenvalue weighted by Gasteiger charge is 2.39. The molecule has 0 N–H and O–H groups in total. The van der Waals surface area contributed by atoms with Crippen LogP contribution in [0.2, 0.25) is 0 Å². The van der Waals surface area contributed by atoms with Crippen molar-refractivity contribution in [3.05, 3.63) is 0 Å². The molecule has 0 unspecified atom stereocenters. The number of likely N-dealkylation sites (tertiary alicyclic amines) is 1. The predicted octanol–water partition coefficient (Wildman–Crippen LogP) is 2.67. The van der Waals surface area contributed by atoms with Gasteiger partial charge in [-0.1, -0.05) is 0 Å². The molecular weight excluding hydrogens is 212 g/mol. The van der Waals surface area contributed by atoms with Gasteiger partial charge in [-0.25, -0.2) is 8.78 Å². The molecule has 0 bridgehead atoms. The highest BCUT2D eigenvalue weighted by Crippen LogP contribution is 2.35. The van der Waals surface area contributed by atoms with Crippen LogP contribution in [0.5, 0.6) is 0 Å². The number of hydrogen-bond acceptors (Lipinski definition) is 2. The average molecular weight is 233 g/mol. The van der Waals surface area contributed by atoms with Crippen molar-refractivity contribution in [1.82, 2.24) is 4.90 Å². The summed E-state index contributed by atoms with van der Waals surface area (Å²) in [7, 11) is 0. The van der Waals surface area contributed by atoms with Gasteiger partial charge in [-0.2, -0.15) is 0 Å². The first-order valence-corrected chi connectivity index (χ1v) is 6.23. The van der Waals surface area contributed by atoms with E-state index in [9.17, 15) is 8.78 Å². The van der Waals surface area contributed by atoms with Crippen LogP contribution >= 0.6 is 0 Å². The summed E-state index contributed by atoms with van der Waals surface area (Å²) in [4.78, 5) is 2.30. The van der Waals surface area contributed by atoms with Crippen molar-refractivity contribution in [1.29, 1.82) is 0 Å². The molecule has 4 heteroatoms. The summed E-state index contributed by atoms with van der Waals surface area (Å²) in [5.74, 6) is -2.50. The predicted molar refractivity (Wildman–Crippen MR) is 58.8 cm³/mol. The number of nitrogens with zero attached hydrogens (tertiary/aromatic N) is 1. The maximum atomic E-state index is 13.1. The Morgan fingerprint density at radius 3 is 2.50 bits per heavy atom. The lowest BCUT2D eigenvalue weighted by molar-refractivity contribution is -0.149. The molecular formula is C12H21F2NO. The summed E-state index contributed by atoms with van der Waals surface area (Å²) in [5.41, 5.74) is 0. The number of alkyl halides is 2. The van der Waals surface area contributed by atoms with Gasteiger partial charge in [-0.15, -0.1) is 0 Å². The van der Waals surface area contributed by atoms with Crippen molar-refractivity contribution < 1.29 is 13.5 Å². The van der Waals surface area contributed by atoms with Crippen LogP contribution in [0.3, 0.4) is 0 Å². The lowest BCUT2D eigenvalue weighted by Crippen LogP contribution is -2.56. The molecule has 0 aromatic heterocycles. The molecule has 1 aliphatic carbocycles. The maximum absolute atomic E-state index is 13.1. The van der Waals surface area contributed by atoms with Crippen LogP contribution in [-0.2, 0) is 4.74 Å². The van der Waals surface area contributed by atoms with E-state index in [1.54, 1.807) is 0 Å². The van der Waals surface area contributed by atoms with Gasteiger partial charge in [0.1, 0.15) is 0 Å². The molecule has 0 amide bonds. The minimum absolute atomic E-state index is 0.0373. The Morgan fingerprint density at radius 1 is 1.25 bits per heavy atom. The van der Waals surface area contributed by atoms with Crippen LogP contribution in [0, 0.1) is 0 Å². The molecule has 16 heavy (non-hydrogen) atoms. The average Bonchev–Trinajstić information content (AvgIpc) is 2.08. The first kappa shape index (κ1) is 12.2. The van der Waals surface area contributed by atoms with Crippen molar-refractivity contribution in [3.8, 4) is 0 Å². The van der Waals surface area contributed by atoms with E-state index in [4.69, 9.17) is 4.74 Å². The SMILES string of the molecule is CC(C)N1CC(O[C@H]2CCCC(F)(F)C2)C1. The Labute approximate surface area is 95.9 Å². The van der Waals surface area contributed by atoms with Gasteiger partial charge in [0.25, 0.3) is 5.92 Å². The van der Waals surface area contributed by atoms with Gasteiger partial charge in [0.15, 0.2) is 0 Å². The normalized spacial score (nSPS) is 31.7. The van der Waals surface area contributed by atoms with Gasteiger partial charge in [0.05, 0.1) is 12.2 Å².